The summed E-state index contributed by atoms with van der Waals surface area (Å²) in [5.74, 6) is 2.27. The second-order valence-corrected chi connectivity index (χ2v) is 5.85. The highest BCUT2D eigenvalue weighted by Gasteiger charge is 2.25. The Hall–Kier alpha value is -1.02. The molecule has 0 radical (unpaired) electrons. The topological polar surface area (TPSA) is 35.2 Å². The second-order valence-electron chi connectivity index (χ2n) is 5.85. The van der Waals surface area contributed by atoms with Crippen LogP contribution in [0.1, 0.15) is 54.7 Å². The molecule has 1 aromatic carbocycles. The molecule has 0 saturated heterocycles. The Bertz CT molecular complexity index is 422. The average molecular weight is 261 g/mol. The van der Waals surface area contributed by atoms with Crippen molar-refractivity contribution in [1.29, 1.82) is 0 Å². The van der Waals surface area contributed by atoms with Crippen molar-refractivity contribution >= 4 is 0 Å². The highest BCUT2D eigenvalue weighted by molar-refractivity contribution is 5.45. The predicted molar refractivity (Wildman–Crippen MR) is 80.8 cm³/mol. The average Bonchev–Trinajstić information content (AvgIpc) is 2.45. The Morgan fingerprint density at radius 3 is 2.42 bits per heavy atom. The predicted octanol–water partition coefficient (Wildman–Crippen LogP) is 3.93. The Morgan fingerprint density at radius 2 is 1.84 bits per heavy atom. The van der Waals surface area contributed by atoms with Gasteiger partial charge in [0.1, 0.15) is 5.75 Å². The Balaban J connectivity index is 2.30. The summed E-state index contributed by atoms with van der Waals surface area (Å²) in [6, 6.07) is 4.33. The molecular formula is C17H27NO. The molecule has 1 aliphatic carbocycles. The van der Waals surface area contributed by atoms with E-state index in [0.29, 0.717) is 5.92 Å². The third kappa shape index (κ3) is 2.94. The van der Waals surface area contributed by atoms with Crippen LogP contribution in [0.4, 0.5) is 0 Å². The van der Waals surface area contributed by atoms with Gasteiger partial charge in [-0.25, -0.2) is 0 Å². The van der Waals surface area contributed by atoms with Gasteiger partial charge in [0, 0.05) is 0 Å². The van der Waals surface area contributed by atoms with E-state index in [-0.39, 0.29) is 0 Å². The smallest absolute Gasteiger partial charge is 0.122 e. The van der Waals surface area contributed by atoms with Crippen molar-refractivity contribution in [3.8, 4) is 5.75 Å². The first kappa shape index (κ1) is 14.4. The standard InChI is InChI=1S/C17H27NO/c1-12-13(2)17(19-3)10-9-15(12)16(11-18)14-7-5-4-6-8-14/h9-10,14,16H,4-8,11,18H2,1-3H3. The van der Waals surface area contributed by atoms with Crippen LogP contribution >= 0.6 is 0 Å². The van der Waals surface area contributed by atoms with Crippen molar-refractivity contribution in [3.05, 3.63) is 28.8 Å². The summed E-state index contributed by atoms with van der Waals surface area (Å²) in [6.45, 7) is 5.11. The van der Waals surface area contributed by atoms with E-state index in [4.69, 9.17) is 10.5 Å². The van der Waals surface area contributed by atoms with Crippen LogP contribution in [0.15, 0.2) is 12.1 Å². The van der Waals surface area contributed by atoms with Crippen LogP contribution in [0.3, 0.4) is 0 Å². The molecule has 19 heavy (non-hydrogen) atoms. The maximum atomic E-state index is 6.09. The summed E-state index contributed by atoms with van der Waals surface area (Å²) < 4.78 is 5.41. The number of nitrogens with two attached hydrogens (primary N) is 1. The minimum absolute atomic E-state index is 0.518. The molecule has 0 heterocycles. The van der Waals surface area contributed by atoms with Crippen LogP contribution in [0.2, 0.25) is 0 Å². The lowest BCUT2D eigenvalue weighted by Gasteiger charge is -2.31. The molecule has 1 fully saturated rings. The first-order valence-corrected chi connectivity index (χ1v) is 7.53. The molecule has 0 spiro atoms. The quantitative estimate of drug-likeness (QED) is 0.891. The summed E-state index contributed by atoms with van der Waals surface area (Å²) in [5, 5.41) is 0. The lowest BCUT2D eigenvalue weighted by molar-refractivity contribution is 0.306. The molecule has 106 valence electrons. The van der Waals surface area contributed by atoms with Crippen LogP contribution in [0.5, 0.6) is 5.75 Å². The van der Waals surface area contributed by atoms with Crippen LogP contribution in [0, 0.1) is 19.8 Å². The van der Waals surface area contributed by atoms with Gasteiger partial charge in [-0.15, -0.1) is 0 Å². The largest absolute Gasteiger partial charge is 0.496 e. The van der Waals surface area contributed by atoms with E-state index < -0.39 is 0 Å². The first-order chi connectivity index (χ1) is 9.19. The van der Waals surface area contributed by atoms with E-state index in [1.165, 1.54) is 48.8 Å². The van der Waals surface area contributed by atoms with Gasteiger partial charge in [0.15, 0.2) is 0 Å². The highest BCUT2D eigenvalue weighted by Crippen LogP contribution is 2.38. The van der Waals surface area contributed by atoms with Gasteiger partial charge in [0.05, 0.1) is 7.11 Å². The summed E-state index contributed by atoms with van der Waals surface area (Å²) >= 11 is 0. The summed E-state index contributed by atoms with van der Waals surface area (Å²) in [5.41, 5.74) is 10.2. The Morgan fingerprint density at radius 1 is 1.16 bits per heavy atom. The summed E-state index contributed by atoms with van der Waals surface area (Å²) in [6.07, 6.45) is 6.82. The molecule has 1 saturated carbocycles. The van der Waals surface area contributed by atoms with Gasteiger partial charge in [0.2, 0.25) is 0 Å². The molecule has 1 aromatic rings. The van der Waals surface area contributed by atoms with E-state index in [2.05, 4.69) is 26.0 Å². The maximum absolute atomic E-state index is 6.09. The molecular weight excluding hydrogens is 234 g/mol. The van der Waals surface area contributed by atoms with Crippen molar-refractivity contribution < 1.29 is 4.74 Å². The van der Waals surface area contributed by atoms with Crippen molar-refractivity contribution in [1.82, 2.24) is 0 Å². The van der Waals surface area contributed by atoms with E-state index in [0.717, 1.165) is 18.2 Å². The fraction of sp³-hybridized carbons (Fsp3) is 0.647. The van der Waals surface area contributed by atoms with E-state index >= 15 is 0 Å². The molecule has 0 amide bonds. The summed E-state index contributed by atoms with van der Waals surface area (Å²) in [7, 11) is 1.74. The van der Waals surface area contributed by atoms with E-state index in [1.807, 2.05) is 0 Å². The first-order valence-electron chi connectivity index (χ1n) is 7.53. The molecule has 2 rings (SSSR count). The SMILES string of the molecule is COc1ccc(C(CN)C2CCCCC2)c(C)c1C. The number of ether oxygens (including phenoxy) is 1. The lowest BCUT2D eigenvalue weighted by atomic mass is 9.75. The third-order valence-corrected chi connectivity index (χ3v) is 4.87. The number of rotatable bonds is 4. The third-order valence-electron chi connectivity index (χ3n) is 4.87. The number of hydrogen-bond acceptors (Lipinski definition) is 2. The van der Waals surface area contributed by atoms with Crippen LogP contribution < -0.4 is 10.5 Å². The fourth-order valence-electron chi connectivity index (χ4n) is 3.55. The molecule has 0 bridgehead atoms. The molecule has 0 aromatic heterocycles. The normalized spacial score (nSPS) is 18.3. The monoisotopic (exact) mass is 261 g/mol. The van der Waals surface area contributed by atoms with Crippen molar-refractivity contribution in [2.24, 2.45) is 11.7 Å². The molecule has 2 heteroatoms. The minimum atomic E-state index is 0.518. The van der Waals surface area contributed by atoms with Gasteiger partial charge < -0.3 is 10.5 Å². The Kier molecular flexibility index (Phi) is 4.87. The van der Waals surface area contributed by atoms with Gasteiger partial charge in [-0.2, -0.15) is 0 Å². The zero-order valence-corrected chi connectivity index (χ0v) is 12.5. The van der Waals surface area contributed by atoms with Gasteiger partial charge in [0.25, 0.3) is 0 Å². The highest BCUT2D eigenvalue weighted by atomic mass is 16.5. The van der Waals surface area contributed by atoms with Crippen LogP contribution in [0.25, 0.3) is 0 Å². The second kappa shape index (κ2) is 6.42. The van der Waals surface area contributed by atoms with E-state index in [1.54, 1.807) is 7.11 Å². The Labute approximate surface area is 117 Å². The fourth-order valence-corrected chi connectivity index (χ4v) is 3.55. The van der Waals surface area contributed by atoms with Gasteiger partial charge in [-0.3, -0.25) is 0 Å². The van der Waals surface area contributed by atoms with Crippen molar-refractivity contribution in [2.75, 3.05) is 13.7 Å². The van der Waals surface area contributed by atoms with Crippen molar-refractivity contribution in [2.45, 2.75) is 51.9 Å². The van der Waals surface area contributed by atoms with Gasteiger partial charge in [-0.05, 0) is 67.8 Å². The number of hydrogen-bond donors (Lipinski definition) is 1. The molecule has 1 aliphatic rings. The number of methoxy groups -OCH3 is 1. The van der Waals surface area contributed by atoms with Gasteiger partial charge in [-0.1, -0.05) is 25.3 Å². The van der Waals surface area contributed by atoms with Crippen molar-refractivity contribution in [3.63, 3.8) is 0 Å². The minimum Gasteiger partial charge on any atom is -0.496 e. The number of benzene rings is 1. The van der Waals surface area contributed by atoms with Gasteiger partial charge >= 0.3 is 0 Å². The molecule has 2 N–H and O–H groups in total. The van der Waals surface area contributed by atoms with E-state index in [9.17, 15) is 0 Å². The summed E-state index contributed by atoms with van der Waals surface area (Å²) in [4.78, 5) is 0. The molecule has 1 unspecified atom stereocenters. The molecule has 0 aliphatic heterocycles. The molecule has 1 atom stereocenters. The lowest BCUT2D eigenvalue weighted by Crippen LogP contribution is -2.24. The zero-order valence-electron chi connectivity index (χ0n) is 12.5. The maximum Gasteiger partial charge on any atom is 0.122 e. The van der Waals surface area contributed by atoms with Crippen LogP contribution in [-0.2, 0) is 0 Å². The zero-order chi connectivity index (χ0) is 13.8. The van der Waals surface area contributed by atoms with Crippen LogP contribution in [-0.4, -0.2) is 13.7 Å². The molecule has 2 nitrogen and oxygen atoms in total.